The van der Waals surface area contributed by atoms with E-state index in [9.17, 15) is 5.11 Å². The molecule has 1 unspecified atom stereocenters. The number of ether oxygens (including phenoxy) is 1. The third-order valence-corrected chi connectivity index (χ3v) is 3.31. The van der Waals surface area contributed by atoms with Crippen molar-refractivity contribution in [2.45, 2.75) is 26.1 Å². The lowest BCUT2D eigenvalue weighted by molar-refractivity contribution is 0.242. The summed E-state index contributed by atoms with van der Waals surface area (Å²) in [6.07, 6.45) is 1.79. The van der Waals surface area contributed by atoms with Gasteiger partial charge in [0.2, 0.25) is 0 Å². The van der Waals surface area contributed by atoms with Crippen molar-refractivity contribution in [3.8, 4) is 5.75 Å². The van der Waals surface area contributed by atoms with Gasteiger partial charge in [0, 0.05) is 19.3 Å². The fourth-order valence-electron chi connectivity index (χ4n) is 2.17. The van der Waals surface area contributed by atoms with Crippen molar-refractivity contribution in [2.75, 3.05) is 13.7 Å². The largest absolute Gasteiger partial charge is 0.497 e. The van der Waals surface area contributed by atoms with Crippen molar-refractivity contribution in [1.29, 1.82) is 0 Å². The zero-order chi connectivity index (χ0) is 14.4. The van der Waals surface area contributed by atoms with Crippen LogP contribution in [0.4, 0.5) is 0 Å². The van der Waals surface area contributed by atoms with Gasteiger partial charge in [-0.05, 0) is 30.7 Å². The maximum absolute atomic E-state index is 9.57. The van der Waals surface area contributed by atoms with Gasteiger partial charge in [0.05, 0.1) is 25.5 Å². The summed E-state index contributed by atoms with van der Waals surface area (Å²) in [6.45, 7) is 3.60. The molecule has 5 heteroatoms. The molecule has 0 saturated carbocycles. The molecule has 0 aliphatic carbocycles. The Hall–Kier alpha value is -1.85. The average molecular weight is 275 g/mol. The van der Waals surface area contributed by atoms with Crippen LogP contribution < -0.4 is 10.1 Å². The van der Waals surface area contributed by atoms with Gasteiger partial charge in [-0.2, -0.15) is 5.10 Å². The molecule has 2 aromatic rings. The molecule has 0 radical (unpaired) electrons. The Morgan fingerprint density at radius 2 is 2.25 bits per heavy atom. The average Bonchev–Trinajstić information content (AvgIpc) is 2.95. The molecule has 0 spiro atoms. The molecule has 108 valence electrons. The molecule has 1 aromatic carbocycles. The van der Waals surface area contributed by atoms with Gasteiger partial charge in [0.15, 0.2) is 0 Å². The van der Waals surface area contributed by atoms with Gasteiger partial charge >= 0.3 is 0 Å². The molecular weight excluding hydrogens is 254 g/mol. The molecule has 2 rings (SSSR count). The van der Waals surface area contributed by atoms with Gasteiger partial charge in [-0.1, -0.05) is 12.1 Å². The normalized spacial score (nSPS) is 12.3. The summed E-state index contributed by atoms with van der Waals surface area (Å²) < 4.78 is 7.15. The van der Waals surface area contributed by atoms with E-state index >= 15 is 0 Å². The fraction of sp³-hybridized carbons (Fsp3) is 0.400. The second-order valence-corrected chi connectivity index (χ2v) is 4.53. The maximum Gasteiger partial charge on any atom is 0.119 e. The summed E-state index contributed by atoms with van der Waals surface area (Å²) in [5.74, 6) is 0.793. The quantitative estimate of drug-likeness (QED) is 0.808. The smallest absolute Gasteiger partial charge is 0.119 e. The predicted octanol–water partition coefficient (Wildman–Crippen LogP) is 1.73. The Bertz CT molecular complexity index is 539. The maximum atomic E-state index is 9.57. The number of aliphatic hydroxyl groups is 1. The number of aryl methyl sites for hydroxylation is 1. The van der Waals surface area contributed by atoms with E-state index in [1.165, 1.54) is 0 Å². The Morgan fingerprint density at radius 1 is 1.40 bits per heavy atom. The van der Waals surface area contributed by atoms with Gasteiger partial charge in [0.25, 0.3) is 0 Å². The number of aliphatic hydroxyl groups excluding tert-OH is 1. The van der Waals surface area contributed by atoms with Crippen LogP contribution in [0.2, 0.25) is 0 Å². The summed E-state index contributed by atoms with van der Waals surface area (Å²) >= 11 is 0. The van der Waals surface area contributed by atoms with Crippen LogP contribution >= 0.6 is 0 Å². The van der Waals surface area contributed by atoms with Crippen LogP contribution in [0.25, 0.3) is 0 Å². The second-order valence-electron chi connectivity index (χ2n) is 4.53. The first kappa shape index (κ1) is 14.6. The third-order valence-electron chi connectivity index (χ3n) is 3.31. The number of hydrogen-bond acceptors (Lipinski definition) is 4. The molecule has 0 bridgehead atoms. The van der Waals surface area contributed by atoms with E-state index < -0.39 is 0 Å². The molecule has 0 aliphatic rings. The third kappa shape index (κ3) is 3.37. The summed E-state index contributed by atoms with van der Waals surface area (Å²) in [4.78, 5) is 0. The molecule has 0 aliphatic heterocycles. The van der Waals surface area contributed by atoms with Crippen molar-refractivity contribution in [2.24, 2.45) is 0 Å². The fourth-order valence-corrected chi connectivity index (χ4v) is 2.17. The highest BCUT2D eigenvalue weighted by molar-refractivity contribution is 5.30. The van der Waals surface area contributed by atoms with E-state index in [4.69, 9.17) is 4.74 Å². The molecule has 1 aromatic heterocycles. The molecule has 5 nitrogen and oxygen atoms in total. The molecule has 0 fully saturated rings. The minimum atomic E-state index is -0.120. The van der Waals surface area contributed by atoms with Crippen LogP contribution in [0.15, 0.2) is 36.5 Å². The number of aromatic nitrogens is 2. The van der Waals surface area contributed by atoms with Crippen LogP contribution in [-0.2, 0) is 13.1 Å². The van der Waals surface area contributed by atoms with Crippen molar-refractivity contribution in [3.05, 3.63) is 47.8 Å². The van der Waals surface area contributed by atoms with Crippen molar-refractivity contribution in [3.63, 3.8) is 0 Å². The Kier molecular flexibility index (Phi) is 5.15. The zero-order valence-corrected chi connectivity index (χ0v) is 11.9. The highest BCUT2D eigenvalue weighted by Crippen LogP contribution is 2.19. The Balaban J connectivity index is 2.05. The summed E-state index contributed by atoms with van der Waals surface area (Å²) in [7, 11) is 1.64. The monoisotopic (exact) mass is 275 g/mol. The van der Waals surface area contributed by atoms with Crippen LogP contribution in [0.5, 0.6) is 5.75 Å². The van der Waals surface area contributed by atoms with Crippen molar-refractivity contribution >= 4 is 0 Å². The summed E-state index contributed by atoms with van der Waals surface area (Å²) in [5.41, 5.74) is 2.11. The van der Waals surface area contributed by atoms with Gasteiger partial charge < -0.3 is 15.2 Å². The van der Waals surface area contributed by atoms with Crippen LogP contribution in [0.1, 0.15) is 24.2 Å². The first-order valence-electron chi connectivity index (χ1n) is 6.77. The molecule has 0 saturated heterocycles. The van der Waals surface area contributed by atoms with E-state index in [-0.39, 0.29) is 12.6 Å². The van der Waals surface area contributed by atoms with Crippen molar-refractivity contribution < 1.29 is 9.84 Å². The van der Waals surface area contributed by atoms with Gasteiger partial charge in [-0.3, -0.25) is 4.68 Å². The zero-order valence-electron chi connectivity index (χ0n) is 11.9. The van der Waals surface area contributed by atoms with Gasteiger partial charge in [-0.25, -0.2) is 0 Å². The minimum absolute atomic E-state index is 0.0351. The molecule has 2 N–H and O–H groups in total. The number of hydrogen-bond donors (Lipinski definition) is 2. The second kappa shape index (κ2) is 7.07. The molecule has 1 heterocycles. The highest BCUT2D eigenvalue weighted by Gasteiger charge is 2.11. The SMILES string of the molecule is CCn1nccc1CNC(CO)c1cccc(OC)c1. The van der Waals surface area contributed by atoms with Crippen LogP contribution in [0.3, 0.4) is 0 Å². The highest BCUT2D eigenvalue weighted by atomic mass is 16.5. The molecule has 1 atom stereocenters. The first-order chi connectivity index (χ1) is 9.78. The van der Waals surface area contributed by atoms with Gasteiger partial charge in [-0.15, -0.1) is 0 Å². The summed E-state index contributed by atoms with van der Waals surface area (Å²) in [5, 5.41) is 17.2. The first-order valence-corrected chi connectivity index (χ1v) is 6.77. The Labute approximate surface area is 119 Å². The van der Waals surface area contributed by atoms with E-state index in [0.717, 1.165) is 23.6 Å². The Morgan fingerprint density at radius 3 is 2.95 bits per heavy atom. The standard InChI is InChI=1S/C15H21N3O2/c1-3-18-13(7-8-17-18)10-16-15(11-19)12-5-4-6-14(9-12)20-2/h4-9,15-16,19H,3,10-11H2,1-2H3. The lowest BCUT2D eigenvalue weighted by atomic mass is 10.1. The summed E-state index contributed by atoms with van der Waals surface area (Å²) in [6, 6.07) is 9.60. The molecule has 20 heavy (non-hydrogen) atoms. The van der Waals surface area contributed by atoms with E-state index in [1.54, 1.807) is 13.3 Å². The van der Waals surface area contributed by atoms with Crippen LogP contribution in [0, 0.1) is 0 Å². The number of methoxy groups -OCH3 is 1. The molecular formula is C15H21N3O2. The topological polar surface area (TPSA) is 59.3 Å². The number of benzene rings is 1. The number of rotatable bonds is 7. The lowest BCUT2D eigenvalue weighted by Crippen LogP contribution is -2.25. The minimum Gasteiger partial charge on any atom is -0.497 e. The van der Waals surface area contributed by atoms with E-state index in [2.05, 4.69) is 17.3 Å². The van der Waals surface area contributed by atoms with Gasteiger partial charge in [0.1, 0.15) is 5.75 Å². The van der Waals surface area contributed by atoms with E-state index in [0.29, 0.717) is 6.54 Å². The van der Waals surface area contributed by atoms with E-state index in [1.807, 2.05) is 35.0 Å². The van der Waals surface area contributed by atoms with Crippen LogP contribution in [-0.4, -0.2) is 28.6 Å². The number of nitrogens with one attached hydrogen (secondary N) is 1. The molecule has 0 amide bonds. The van der Waals surface area contributed by atoms with Crippen molar-refractivity contribution in [1.82, 2.24) is 15.1 Å². The predicted molar refractivity (Wildman–Crippen MR) is 77.6 cm³/mol. The lowest BCUT2D eigenvalue weighted by Gasteiger charge is -2.17. The number of nitrogens with zero attached hydrogens (tertiary/aromatic N) is 2.